The number of likely N-dealkylation sites (N-methyl/N-ethyl adjacent to an activating group) is 1. The Morgan fingerprint density at radius 2 is 2.14 bits per heavy atom. The number of nitrogen functional groups attached to an aromatic ring is 1. The molecule has 0 heterocycles. The Labute approximate surface area is 85.2 Å². The van der Waals surface area contributed by atoms with Gasteiger partial charge < -0.3 is 15.7 Å². The summed E-state index contributed by atoms with van der Waals surface area (Å²) in [6, 6.07) is 5.92. The number of aliphatic hydroxyl groups is 1. The molecule has 78 valence electrons. The molecule has 0 bridgehead atoms. The predicted octanol–water partition coefficient (Wildman–Crippen LogP) is 1.39. The number of nitrogens with two attached hydrogens (primary N) is 1. The van der Waals surface area contributed by atoms with Crippen LogP contribution in [0.4, 0.5) is 11.4 Å². The summed E-state index contributed by atoms with van der Waals surface area (Å²) in [7, 11) is 1.93. The van der Waals surface area contributed by atoms with E-state index in [-0.39, 0.29) is 6.10 Å². The van der Waals surface area contributed by atoms with Gasteiger partial charge in [-0.05, 0) is 25.5 Å². The third kappa shape index (κ3) is 2.39. The maximum atomic E-state index is 9.26. The standard InChI is InChI=1S/C11H18N2O/c1-8-5-4-6-10(11(8)12)13(3)7-9(2)14/h4-6,9,14H,7,12H2,1-3H3. The number of benzene rings is 1. The highest BCUT2D eigenvalue weighted by molar-refractivity contribution is 5.70. The predicted molar refractivity (Wildman–Crippen MR) is 60.5 cm³/mol. The minimum atomic E-state index is -0.347. The normalized spacial score (nSPS) is 12.6. The van der Waals surface area contributed by atoms with Gasteiger partial charge in [0.1, 0.15) is 0 Å². The van der Waals surface area contributed by atoms with Gasteiger partial charge >= 0.3 is 0 Å². The van der Waals surface area contributed by atoms with E-state index in [0.29, 0.717) is 6.54 Å². The third-order valence-corrected chi connectivity index (χ3v) is 2.25. The minimum Gasteiger partial charge on any atom is -0.397 e. The molecule has 1 rings (SSSR count). The molecule has 3 N–H and O–H groups in total. The molecule has 0 spiro atoms. The van der Waals surface area contributed by atoms with E-state index >= 15 is 0 Å². The number of aliphatic hydroxyl groups excluding tert-OH is 1. The number of rotatable bonds is 3. The molecule has 3 heteroatoms. The summed E-state index contributed by atoms with van der Waals surface area (Å²) in [6.07, 6.45) is -0.347. The lowest BCUT2D eigenvalue weighted by molar-refractivity contribution is 0.201. The Hall–Kier alpha value is -1.22. The highest BCUT2D eigenvalue weighted by atomic mass is 16.3. The number of anilines is 2. The molecule has 0 saturated heterocycles. The molecule has 1 unspecified atom stereocenters. The number of para-hydroxylation sites is 1. The van der Waals surface area contributed by atoms with Gasteiger partial charge in [0.15, 0.2) is 0 Å². The van der Waals surface area contributed by atoms with Gasteiger partial charge in [0.05, 0.1) is 17.5 Å². The first-order valence-electron chi connectivity index (χ1n) is 4.76. The van der Waals surface area contributed by atoms with Crippen LogP contribution in [0, 0.1) is 6.92 Å². The average Bonchev–Trinajstić information content (AvgIpc) is 2.08. The quantitative estimate of drug-likeness (QED) is 0.715. The van der Waals surface area contributed by atoms with Crippen molar-refractivity contribution in [1.82, 2.24) is 0 Å². The molecule has 0 aromatic heterocycles. The Morgan fingerprint density at radius 1 is 1.50 bits per heavy atom. The fourth-order valence-electron chi connectivity index (χ4n) is 1.49. The second-order valence-electron chi connectivity index (χ2n) is 3.74. The van der Waals surface area contributed by atoms with Crippen LogP contribution in [-0.4, -0.2) is 24.8 Å². The van der Waals surface area contributed by atoms with E-state index < -0.39 is 0 Å². The molecular weight excluding hydrogens is 176 g/mol. The molecule has 0 amide bonds. The summed E-state index contributed by atoms with van der Waals surface area (Å²) in [4.78, 5) is 1.97. The van der Waals surface area contributed by atoms with Crippen molar-refractivity contribution >= 4 is 11.4 Å². The molecule has 0 fully saturated rings. The van der Waals surface area contributed by atoms with Gasteiger partial charge in [0, 0.05) is 13.6 Å². The van der Waals surface area contributed by atoms with Crippen LogP contribution < -0.4 is 10.6 Å². The van der Waals surface area contributed by atoms with Crippen molar-refractivity contribution in [3.8, 4) is 0 Å². The first-order valence-corrected chi connectivity index (χ1v) is 4.76. The van der Waals surface area contributed by atoms with Crippen LogP contribution >= 0.6 is 0 Å². The fourth-order valence-corrected chi connectivity index (χ4v) is 1.49. The summed E-state index contributed by atoms with van der Waals surface area (Å²) in [6.45, 7) is 4.34. The zero-order valence-electron chi connectivity index (χ0n) is 8.99. The average molecular weight is 194 g/mol. The monoisotopic (exact) mass is 194 g/mol. The van der Waals surface area contributed by atoms with Gasteiger partial charge in [0.25, 0.3) is 0 Å². The summed E-state index contributed by atoms with van der Waals surface area (Å²) in [5.74, 6) is 0. The van der Waals surface area contributed by atoms with Gasteiger partial charge in [-0.15, -0.1) is 0 Å². The zero-order valence-corrected chi connectivity index (χ0v) is 8.99. The molecule has 0 aliphatic rings. The van der Waals surface area contributed by atoms with Gasteiger partial charge in [-0.2, -0.15) is 0 Å². The van der Waals surface area contributed by atoms with Crippen LogP contribution in [0.3, 0.4) is 0 Å². The van der Waals surface area contributed by atoms with E-state index in [0.717, 1.165) is 16.9 Å². The molecular formula is C11H18N2O. The van der Waals surface area contributed by atoms with E-state index in [2.05, 4.69) is 0 Å². The van der Waals surface area contributed by atoms with Crippen molar-refractivity contribution in [3.05, 3.63) is 23.8 Å². The highest BCUT2D eigenvalue weighted by Crippen LogP contribution is 2.24. The van der Waals surface area contributed by atoms with Gasteiger partial charge in [-0.1, -0.05) is 12.1 Å². The Bertz CT molecular complexity index is 310. The summed E-state index contributed by atoms with van der Waals surface area (Å²) >= 11 is 0. The topological polar surface area (TPSA) is 49.5 Å². The van der Waals surface area contributed by atoms with Gasteiger partial charge in [-0.25, -0.2) is 0 Å². The zero-order chi connectivity index (χ0) is 10.7. The van der Waals surface area contributed by atoms with Crippen molar-refractivity contribution in [2.75, 3.05) is 24.2 Å². The molecule has 0 aliphatic heterocycles. The van der Waals surface area contributed by atoms with Crippen LogP contribution in [0.2, 0.25) is 0 Å². The van der Waals surface area contributed by atoms with Crippen molar-refractivity contribution in [2.45, 2.75) is 20.0 Å². The second-order valence-corrected chi connectivity index (χ2v) is 3.74. The lowest BCUT2D eigenvalue weighted by atomic mass is 10.1. The lowest BCUT2D eigenvalue weighted by Gasteiger charge is -2.23. The minimum absolute atomic E-state index is 0.347. The molecule has 3 nitrogen and oxygen atoms in total. The summed E-state index contributed by atoms with van der Waals surface area (Å²) in [5.41, 5.74) is 8.77. The number of hydrogen-bond donors (Lipinski definition) is 2. The molecule has 1 atom stereocenters. The maximum absolute atomic E-state index is 9.26. The van der Waals surface area contributed by atoms with Crippen molar-refractivity contribution in [1.29, 1.82) is 0 Å². The van der Waals surface area contributed by atoms with E-state index in [4.69, 9.17) is 5.73 Å². The molecule has 0 radical (unpaired) electrons. The van der Waals surface area contributed by atoms with Crippen LogP contribution in [0.15, 0.2) is 18.2 Å². The van der Waals surface area contributed by atoms with Crippen molar-refractivity contribution in [3.63, 3.8) is 0 Å². The summed E-state index contributed by atoms with van der Waals surface area (Å²) in [5, 5.41) is 9.26. The van der Waals surface area contributed by atoms with E-state index in [9.17, 15) is 5.11 Å². The van der Waals surface area contributed by atoms with Crippen LogP contribution in [0.25, 0.3) is 0 Å². The van der Waals surface area contributed by atoms with Crippen LogP contribution in [0.5, 0.6) is 0 Å². The fraction of sp³-hybridized carbons (Fsp3) is 0.455. The summed E-state index contributed by atoms with van der Waals surface area (Å²) < 4.78 is 0. The number of aryl methyl sites for hydroxylation is 1. The smallest absolute Gasteiger partial charge is 0.0686 e. The SMILES string of the molecule is Cc1cccc(N(C)CC(C)O)c1N. The Kier molecular flexibility index (Phi) is 3.36. The molecule has 14 heavy (non-hydrogen) atoms. The highest BCUT2D eigenvalue weighted by Gasteiger charge is 2.08. The van der Waals surface area contributed by atoms with E-state index in [1.807, 2.05) is 37.1 Å². The Balaban J connectivity index is 2.89. The second kappa shape index (κ2) is 4.33. The lowest BCUT2D eigenvalue weighted by Crippen LogP contribution is -2.27. The molecule has 0 aliphatic carbocycles. The van der Waals surface area contributed by atoms with Crippen molar-refractivity contribution in [2.24, 2.45) is 0 Å². The van der Waals surface area contributed by atoms with Gasteiger partial charge in [0.2, 0.25) is 0 Å². The van der Waals surface area contributed by atoms with Crippen molar-refractivity contribution < 1.29 is 5.11 Å². The van der Waals surface area contributed by atoms with Crippen LogP contribution in [0.1, 0.15) is 12.5 Å². The first kappa shape index (κ1) is 10.9. The number of hydrogen-bond acceptors (Lipinski definition) is 3. The number of nitrogens with zero attached hydrogens (tertiary/aromatic N) is 1. The van der Waals surface area contributed by atoms with E-state index in [1.165, 1.54) is 0 Å². The van der Waals surface area contributed by atoms with Crippen LogP contribution in [-0.2, 0) is 0 Å². The maximum Gasteiger partial charge on any atom is 0.0686 e. The Morgan fingerprint density at radius 3 is 2.71 bits per heavy atom. The van der Waals surface area contributed by atoms with E-state index in [1.54, 1.807) is 6.92 Å². The largest absolute Gasteiger partial charge is 0.397 e. The third-order valence-electron chi connectivity index (χ3n) is 2.25. The molecule has 1 aromatic carbocycles. The molecule has 1 aromatic rings. The first-order chi connectivity index (χ1) is 6.52. The van der Waals surface area contributed by atoms with Gasteiger partial charge in [-0.3, -0.25) is 0 Å². The molecule has 0 saturated carbocycles.